The average Bonchev–Trinajstić information content (AvgIpc) is 2.66. The summed E-state index contributed by atoms with van der Waals surface area (Å²) in [5, 5.41) is 14.6. The minimum absolute atomic E-state index is 0.146. The normalized spacial score (nSPS) is 11.4. The molecule has 2 aromatic rings. The number of hydrogen-bond donors (Lipinski definition) is 3. The predicted octanol–water partition coefficient (Wildman–Crippen LogP) is 2.01. The van der Waals surface area contributed by atoms with Gasteiger partial charge in [-0.15, -0.1) is 0 Å². The Bertz CT molecular complexity index is 732. The fourth-order valence-electron chi connectivity index (χ4n) is 2.46. The van der Waals surface area contributed by atoms with Crippen LogP contribution in [-0.2, 0) is 16.0 Å². The fraction of sp³-hybridized carbons (Fsp3) is 0.250. The van der Waals surface area contributed by atoms with Crippen molar-refractivity contribution in [1.82, 2.24) is 10.6 Å². The summed E-state index contributed by atoms with van der Waals surface area (Å²) in [4.78, 5) is 35.2. The lowest BCUT2D eigenvalue weighted by molar-refractivity contribution is -0.141. The van der Waals surface area contributed by atoms with E-state index in [9.17, 15) is 19.5 Å². The van der Waals surface area contributed by atoms with Gasteiger partial charge in [-0.25, -0.2) is 4.79 Å². The van der Waals surface area contributed by atoms with Crippen LogP contribution in [0.1, 0.15) is 28.8 Å². The highest BCUT2D eigenvalue weighted by Crippen LogP contribution is 2.04. The monoisotopic (exact) mass is 354 g/mol. The average molecular weight is 354 g/mol. The Morgan fingerprint density at radius 1 is 0.923 bits per heavy atom. The highest BCUT2D eigenvalue weighted by molar-refractivity contribution is 5.94. The molecule has 26 heavy (non-hydrogen) atoms. The molecule has 3 N–H and O–H groups in total. The zero-order chi connectivity index (χ0) is 18.8. The number of amides is 2. The first-order valence-corrected chi connectivity index (χ1v) is 8.45. The van der Waals surface area contributed by atoms with Crippen LogP contribution in [0.4, 0.5) is 0 Å². The Labute approximate surface area is 152 Å². The third-order valence-corrected chi connectivity index (χ3v) is 3.82. The van der Waals surface area contributed by atoms with Crippen LogP contribution in [0.2, 0.25) is 0 Å². The van der Waals surface area contributed by atoms with Crippen molar-refractivity contribution in [2.24, 2.45) is 0 Å². The quantitative estimate of drug-likeness (QED) is 0.600. The maximum Gasteiger partial charge on any atom is 0.326 e. The molecule has 136 valence electrons. The summed E-state index contributed by atoms with van der Waals surface area (Å²) in [5.74, 6) is -1.61. The number of aliphatic carboxylic acids is 1. The molecule has 0 spiro atoms. The van der Waals surface area contributed by atoms with Crippen molar-refractivity contribution in [2.75, 3.05) is 6.54 Å². The molecular formula is C20H22N2O4. The van der Waals surface area contributed by atoms with E-state index in [2.05, 4.69) is 10.6 Å². The van der Waals surface area contributed by atoms with Gasteiger partial charge in [0.25, 0.3) is 5.91 Å². The number of carbonyl (C=O) groups excluding carboxylic acids is 2. The summed E-state index contributed by atoms with van der Waals surface area (Å²) in [5.41, 5.74) is 1.40. The highest BCUT2D eigenvalue weighted by atomic mass is 16.4. The zero-order valence-electron chi connectivity index (χ0n) is 14.4. The molecule has 2 amide bonds. The van der Waals surface area contributed by atoms with Crippen molar-refractivity contribution in [3.05, 3.63) is 71.8 Å². The van der Waals surface area contributed by atoms with E-state index in [4.69, 9.17) is 0 Å². The highest BCUT2D eigenvalue weighted by Gasteiger charge is 2.20. The topological polar surface area (TPSA) is 95.5 Å². The second-order valence-electron chi connectivity index (χ2n) is 5.87. The van der Waals surface area contributed by atoms with Crippen LogP contribution in [-0.4, -0.2) is 35.5 Å². The molecule has 1 atom stereocenters. The van der Waals surface area contributed by atoms with Crippen molar-refractivity contribution in [3.8, 4) is 0 Å². The molecule has 6 heteroatoms. The van der Waals surface area contributed by atoms with Gasteiger partial charge >= 0.3 is 5.97 Å². The molecule has 0 aliphatic rings. The van der Waals surface area contributed by atoms with Crippen molar-refractivity contribution in [2.45, 2.75) is 25.3 Å². The summed E-state index contributed by atoms with van der Waals surface area (Å²) in [6, 6.07) is 17.0. The fourth-order valence-corrected chi connectivity index (χ4v) is 2.46. The standard InChI is InChI=1S/C20H22N2O4/c23-18(12-7-13-21-19(24)16-10-5-2-6-11-16)22-17(20(25)26)14-15-8-3-1-4-9-15/h1-6,8-11,17H,7,12-14H2,(H,21,24)(H,22,23)(H,25,26)/t17-/m1/s1. The largest absolute Gasteiger partial charge is 0.480 e. The number of carboxylic acid groups (broad SMARTS) is 1. The molecule has 0 saturated carbocycles. The number of nitrogens with one attached hydrogen (secondary N) is 2. The lowest BCUT2D eigenvalue weighted by Gasteiger charge is -2.14. The van der Waals surface area contributed by atoms with Gasteiger partial charge in [-0.05, 0) is 24.1 Å². The second kappa shape index (κ2) is 9.98. The van der Waals surface area contributed by atoms with Gasteiger partial charge < -0.3 is 15.7 Å². The van der Waals surface area contributed by atoms with E-state index in [1.807, 2.05) is 36.4 Å². The Kier molecular flexibility index (Phi) is 7.36. The Balaban J connectivity index is 1.72. The van der Waals surface area contributed by atoms with Crippen LogP contribution in [0.25, 0.3) is 0 Å². The van der Waals surface area contributed by atoms with E-state index in [0.717, 1.165) is 5.56 Å². The third-order valence-electron chi connectivity index (χ3n) is 3.82. The van der Waals surface area contributed by atoms with Crippen LogP contribution >= 0.6 is 0 Å². The van der Waals surface area contributed by atoms with Gasteiger partial charge in [0, 0.05) is 24.9 Å². The maximum atomic E-state index is 12.0. The van der Waals surface area contributed by atoms with E-state index in [-0.39, 0.29) is 24.7 Å². The van der Waals surface area contributed by atoms with Gasteiger partial charge in [0.1, 0.15) is 6.04 Å². The minimum Gasteiger partial charge on any atom is -0.480 e. The number of benzene rings is 2. The van der Waals surface area contributed by atoms with Crippen LogP contribution < -0.4 is 10.6 Å². The number of hydrogen-bond acceptors (Lipinski definition) is 3. The summed E-state index contributed by atoms with van der Waals surface area (Å²) >= 11 is 0. The first-order chi connectivity index (χ1) is 12.6. The molecule has 2 rings (SSSR count). The lowest BCUT2D eigenvalue weighted by Crippen LogP contribution is -2.42. The van der Waals surface area contributed by atoms with E-state index in [0.29, 0.717) is 18.5 Å². The molecule has 0 bridgehead atoms. The number of carboxylic acids is 1. The molecule has 0 radical (unpaired) electrons. The van der Waals surface area contributed by atoms with Crippen LogP contribution in [0, 0.1) is 0 Å². The van der Waals surface area contributed by atoms with E-state index >= 15 is 0 Å². The smallest absolute Gasteiger partial charge is 0.326 e. The van der Waals surface area contributed by atoms with Crippen molar-refractivity contribution < 1.29 is 19.5 Å². The van der Waals surface area contributed by atoms with Crippen molar-refractivity contribution in [3.63, 3.8) is 0 Å². The second-order valence-corrected chi connectivity index (χ2v) is 5.87. The van der Waals surface area contributed by atoms with E-state index in [1.165, 1.54) is 0 Å². The summed E-state index contributed by atoms with van der Waals surface area (Å²) < 4.78 is 0. The lowest BCUT2D eigenvalue weighted by atomic mass is 10.1. The Hall–Kier alpha value is -3.15. The summed E-state index contributed by atoms with van der Waals surface area (Å²) in [6.07, 6.45) is 0.808. The molecule has 0 heterocycles. The predicted molar refractivity (Wildman–Crippen MR) is 97.7 cm³/mol. The van der Waals surface area contributed by atoms with Gasteiger partial charge in [-0.2, -0.15) is 0 Å². The van der Waals surface area contributed by atoms with E-state index < -0.39 is 12.0 Å². The molecule has 0 fully saturated rings. The SMILES string of the molecule is O=C(CCCNC(=O)c1ccccc1)N[C@H](Cc1ccccc1)C(=O)O. The summed E-state index contributed by atoms with van der Waals surface area (Å²) in [6.45, 7) is 0.345. The summed E-state index contributed by atoms with van der Waals surface area (Å²) in [7, 11) is 0. The molecule has 0 unspecified atom stereocenters. The van der Waals surface area contributed by atoms with Crippen LogP contribution in [0.15, 0.2) is 60.7 Å². The molecule has 0 aromatic heterocycles. The zero-order valence-corrected chi connectivity index (χ0v) is 14.4. The van der Waals surface area contributed by atoms with Crippen LogP contribution in [0.5, 0.6) is 0 Å². The van der Waals surface area contributed by atoms with Gasteiger partial charge in [0.05, 0.1) is 0 Å². The molecule has 2 aromatic carbocycles. The van der Waals surface area contributed by atoms with Gasteiger partial charge in [0.2, 0.25) is 5.91 Å². The molecule has 0 saturated heterocycles. The van der Waals surface area contributed by atoms with Gasteiger partial charge in [0.15, 0.2) is 0 Å². The molecule has 6 nitrogen and oxygen atoms in total. The minimum atomic E-state index is -1.07. The third kappa shape index (κ3) is 6.39. The van der Waals surface area contributed by atoms with Crippen molar-refractivity contribution in [1.29, 1.82) is 0 Å². The van der Waals surface area contributed by atoms with E-state index in [1.54, 1.807) is 24.3 Å². The molecule has 0 aliphatic carbocycles. The first kappa shape index (κ1) is 19.2. The molecule has 0 aliphatic heterocycles. The van der Waals surface area contributed by atoms with Crippen molar-refractivity contribution >= 4 is 17.8 Å². The first-order valence-electron chi connectivity index (χ1n) is 8.45. The van der Waals surface area contributed by atoms with Gasteiger partial charge in [-0.1, -0.05) is 48.5 Å². The number of rotatable bonds is 9. The maximum absolute atomic E-state index is 12.0. The number of carbonyl (C=O) groups is 3. The molecular weight excluding hydrogens is 332 g/mol. The van der Waals surface area contributed by atoms with Gasteiger partial charge in [-0.3, -0.25) is 9.59 Å². The van der Waals surface area contributed by atoms with Crippen LogP contribution in [0.3, 0.4) is 0 Å². The Morgan fingerprint density at radius 3 is 2.15 bits per heavy atom. The Morgan fingerprint density at radius 2 is 1.54 bits per heavy atom.